The Hall–Kier alpha value is -2.50. The summed E-state index contributed by atoms with van der Waals surface area (Å²) in [4.78, 5) is 14.5. The van der Waals surface area contributed by atoms with Gasteiger partial charge in [-0.05, 0) is 25.1 Å². The molecule has 0 bridgehead atoms. The molecule has 0 radical (unpaired) electrons. The van der Waals surface area contributed by atoms with Crippen LogP contribution in [0.1, 0.15) is 11.4 Å². The van der Waals surface area contributed by atoms with E-state index in [1.807, 2.05) is 19.1 Å². The number of halogens is 1. The molecule has 2 aromatic rings. The average Bonchev–Trinajstić information content (AvgIpc) is 2.36. The van der Waals surface area contributed by atoms with E-state index in [9.17, 15) is 14.5 Å². The zero-order chi connectivity index (χ0) is 13.8. The number of aromatic nitrogens is 1. The van der Waals surface area contributed by atoms with E-state index in [0.29, 0.717) is 6.54 Å². The fraction of sp³-hybridized carbons (Fsp3) is 0.154. The van der Waals surface area contributed by atoms with Gasteiger partial charge >= 0.3 is 0 Å². The molecule has 98 valence electrons. The number of hydrogen-bond donors (Lipinski definition) is 1. The number of nitro benzene ring substituents is 1. The van der Waals surface area contributed by atoms with E-state index in [1.165, 1.54) is 0 Å². The lowest BCUT2D eigenvalue weighted by molar-refractivity contribution is -0.384. The molecular weight excluding hydrogens is 249 g/mol. The van der Waals surface area contributed by atoms with Gasteiger partial charge in [-0.3, -0.25) is 15.1 Å². The Bertz CT molecular complexity index is 617. The Morgan fingerprint density at radius 3 is 2.84 bits per heavy atom. The SMILES string of the molecule is Cc1cccc(CNc2cc(F)ccc2[N+](=O)[O-])n1. The highest BCUT2D eigenvalue weighted by Gasteiger charge is 2.14. The van der Waals surface area contributed by atoms with Crippen LogP contribution < -0.4 is 5.32 Å². The molecule has 6 heteroatoms. The fourth-order valence-electron chi connectivity index (χ4n) is 1.69. The predicted molar refractivity (Wildman–Crippen MR) is 69.4 cm³/mol. The molecule has 0 atom stereocenters. The van der Waals surface area contributed by atoms with Gasteiger partial charge < -0.3 is 5.32 Å². The van der Waals surface area contributed by atoms with Crippen molar-refractivity contribution in [2.45, 2.75) is 13.5 Å². The minimum absolute atomic E-state index is 0.147. The maximum absolute atomic E-state index is 13.1. The molecule has 0 aliphatic rings. The largest absolute Gasteiger partial charge is 0.374 e. The number of hydrogen-bond acceptors (Lipinski definition) is 4. The van der Waals surface area contributed by atoms with Crippen molar-refractivity contribution in [3.05, 3.63) is 63.7 Å². The van der Waals surface area contributed by atoms with Crippen LogP contribution in [0.15, 0.2) is 36.4 Å². The molecule has 0 aliphatic heterocycles. The monoisotopic (exact) mass is 261 g/mol. The number of anilines is 1. The summed E-state index contributed by atoms with van der Waals surface area (Å²) in [7, 11) is 0. The maximum atomic E-state index is 13.1. The highest BCUT2D eigenvalue weighted by molar-refractivity contribution is 5.61. The first-order chi connectivity index (χ1) is 9.06. The summed E-state index contributed by atoms with van der Waals surface area (Å²) in [6.45, 7) is 2.15. The topological polar surface area (TPSA) is 68.1 Å². The molecular formula is C13H12FN3O2. The summed E-state index contributed by atoms with van der Waals surface area (Å²) >= 11 is 0. The molecule has 1 heterocycles. The molecule has 0 amide bonds. The highest BCUT2D eigenvalue weighted by Crippen LogP contribution is 2.25. The number of nitrogens with zero attached hydrogens (tertiary/aromatic N) is 2. The molecule has 5 nitrogen and oxygen atoms in total. The Morgan fingerprint density at radius 2 is 2.16 bits per heavy atom. The van der Waals surface area contributed by atoms with Crippen LogP contribution in [-0.4, -0.2) is 9.91 Å². The number of pyridine rings is 1. The lowest BCUT2D eigenvalue weighted by Crippen LogP contribution is -2.05. The van der Waals surface area contributed by atoms with Crippen molar-refractivity contribution in [1.82, 2.24) is 4.98 Å². The van der Waals surface area contributed by atoms with Gasteiger partial charge in [0.15, 0.2) is 0 Å². The van der Waals surface area contributed by atoms with Crippen LogP contribution in [0.2, 0.25) is 0 Å². The van der Waals surface area contributed by atoms with Gasteiger partial charge in [0.25, 0.3) is 5.69 Å². The maximum Gasteiger partial charge on any atom is 0.292 e. The van der Waals surface area contributed by atoms with E-state index in [1.54, 1.807) is 6.07 Å². The average molecular weight is 261 g/mol. The standard InChI is InChI=1S/C13H12FN3O2/c1-9-3-2-4-11(16-9)8-15-12-7-10(14)5-6-13(12)17(18)19/h2-7,15H,8H2,1H3. The van der Waals surface area contributed by atoms with E-state index in [-0.39, 0.29) is 11.4 Å². The third-order valence-corrected chi connectivity index (χ3v) is 2.56. The third-order valence-electron chi connectivity index (χ3n) is 2.56. The van der Waals surface area contributed by atoms with Crippen molar-refractivity contribution >= 4 is 11.4 Å². The van der Waals surface area contributed by atoms with Gasteiger partial charge in [0.2, 0.25) is 0 Å². The van der Waals surface area contributed by atoms with E-state index < -0.39 is 10.7 Å². The molecule has 19 heavy (non-hydrogen) atoms. The van der Waals surface area contributed by atoms with Crippen molar-refractivity contribution in [3.8, 4) is 0 Å². The molecule has 0 saturated heterocycles. The Kier molecular flexibility index (Phi) is 3.70. The van der Waals surface area contributed by atoms with Crippen molar-refractivity contribution in [1.29, 1.82) is 0 Å². The molecule has 0 fully saturated rings. The van der Waals surface area contributed by atoms with Crippen LogP contribution in [0.4, 0.5) is 15.8 Å². The molecule has 1 aromatic carbocycles. The van der Waals surface area contributed by atoms with Gasteiger partial charge in [-0.1, -0.05) is 6.07 Å². The van der Waals surface area contributed by atoms with Crippen molar-refractivity contribution in [2.24, 2.45) is 0 Å². The first-order valence-electron chi connectivity index (χ1n) is 5.66. The van der Waals surface area contributed by atoms with Crippen LogP contribution in [-0.2, 0) is 6.54 Å². The van der Waals surface area contributed by atoms with Gasteiger partial charge in [0, 0.05) is 17.8 Å². The van der Waals surface area contributed by atoms with E-state index in [2.05, 4.69) is 10.3 Å². The second-order valence-electron chi connectivity index (χ2n) is 4.04. The van der Waals surface area contributed by atoms with Gasteiger partial charge in [-0.15, -0.1) is 0 Å². The zero-order valence-electron chi connectivity index (χ0n) is 10.3. The molecule has 0 spiro atoms. The molecule has 2 rings (SSSR count). The highest BCUT2D eigenvalue weighted by atomic mass is 19.1. The van der Waals surface area contributed by atoms with Gasteiger partial charge in [-0.2, -0.15) is 0 Å². The molecule has 0 aliphatic carbocycles. The Labute approximate surface area is 109 Å². The smallest absolute Gasteiger partial charge is 0.292 e. The summed E-state index contributed by atoms with van der Waals surface area (Å²) in [5.74, 6) is -0.523. The number of nitro groups is 1. The lowest BCUT2D eigenvalue weighted by Gasteiger charge is -2.07. The van der Waals surface area contributed by atoms with E-state index in [4.69, 9.17) is 0 Å². The summed E-state index contributed by atoms with van der Waals surface area (Å²) in [6, 6.07) is 8.81. The zero-order valence-corrected chi connectivity index (χ0v) is 10.3. The Balaban J connectivity index is 2.19. The minimum Gasteiger partial charge on any atom is -0.374 e. The summed E-state index contributed by atoms with van der Waals surface area (Å²) in [6.07, 6.45) is 0. The second-order valence-corrected chi connectivity index (χ2v) is 4.04. The van der Waals surface area contributed by atoms with Crippen molar-refractivity contribution < 1.29 is 9.31 Å². The molecule has 1 N–H and O–H groups in total. The van der Waals surface area contributed by atoms with Crippen LogP contribution in [0, 0.1) is 22.9 Å². The van der Waals surface area contributed by atoms with Gasteiger partial charge in [-0.25, -0.2) is 4.39 Å². The summed E-state index contributed by atoms with van der Waals surface area (Å²) < 4.78 is 13.1. The van der Waals surface area contributed by atoms with Crippen LogP contribution >= 0.6 is 0 Å². The number of nitrogens with one attached hydrogen (secondary N) is 1. The number of aryl methyl sites for hydroxylation is 1. The van der Waals surface area contributed by atoms with E-state index in [0.717, 1.165) is 29.6 Å². The van der Waals surface area contributed by atoms with E-state index >= 15 is 0 Å². The second kappa shape index (κ2) is 5.43. The number of rotatable bonds is 4. The van der Waals surface area contributed by atoms with Crippen LogP contribution in [0.5, 0.6) is 0 Å². The Morgan fingerprint density at radius 1 is 1.37 bits per heavy atom. The molecule has 1 aromatic heterocycles. The van der Waals surface area contributed by atoms with Crippen LogP contribution in [0.3, 0.4) is 0 Å². The van der Waals surface area contributed by atoms with Crippen LogP contribution in [0.25, 0.3) is 0 Å². The van der Waals surface area contributed by atoms with Crippen molar-refractivity contribution in [3.63, 3.8) is 0 Å². The predicted octanol–water partition coefficient (Wildman–Crippen LogP) is 3.05. The molecule has 0 saturated carbocycles. The summed E-state index contributed by atoms with van der Waals surface area (Å²) in [5.41, 5.74) is 1.58. The van der Waals surface area contributed by atoms with Gasteiger partial charge in [0.1, 0.15) is 11.5 Å². The normalized spacial score (nSPS) is 10.2. The first kappa shape index (κ1) is 12.9. The van der Waals surface area contributed by atoms with Crippen molar-refractivity contribution in [2.75, 3.05) is 5.32 Å². The minimum atomic E-state index is -0.550. The van der Waals surface area contributed by atoms with Gasteiger partial charge in [0.05, 0.1) is 17.2 Å². The fourth-order valence-corrected chi connectivity index (χ4v) is 1.69. The molecule has 0 unspecified atom stereocenters. The summed E-state index contributed by atoms with van der Waals surface area (Å²) in [5, 5.41) is 13.7. The quantitative estimate of drug-likeness (QED) is 0.678. The lowest BCUT2D eigenvalue weighted by atomic mass is 10.2. The third kappa shape index (κ3) is 3.25. The first-order valence-corrected chi connectivity index (χ1v) is 5.66. The number of benzene rings is 1.